The third kappa shape index (κ3) is 3.17. The molecule has 0 spiro atoms. The second-order valence-electron chi connectivity index (χ2n) is 4.01. The monoisotopic (exact) mass is 283 g/mol. The van der Waals surface area contributed by atoms with Crippen LogP contribution >= 0.6 is 15.9 Å². The third-order valence-corrected chi connectivity index (χ3v) is 2.95. The normalized spacial score (nSPS) is 11.9. The Kier molecular flexibility index (Phi) is 4.24. The van der Waals surface area contributed by atoms with Gasteiger partial charge in [-0.05, 0) is 24.1 Å². The minimum absolute atomic E-state index is 0.0943. The predicted molar refractivity (Wildman–Crippen MR) is 68.7 cm³/mol. The van der Waals surface area contributed by atoms with E-state index in [2.05, 4.69) is 15.9 Å². The van der Waals surface area contributed by atoms with Gasteiger partial charge in [-0.2, -0.15) is 0 Å². The van der Waals surface area contributed by atoms with Crippen molar-refractivity contribution in [2.45, 2.75) is 20.8 Å². The van der Waals surface area contributed by atoms with Gasteiger partial charge in [0.15, 0.2) is 0 Å². The number of nitrogens with zero attached hydrogens (tertiary/aromatic N) is 1. The zero-order valence-electron chi connectivity index (χ0n) is 9.53. The molecule has 0 aliphatic carbocycles. The maximum absolute atomic E-state index is 10.8. The summed E-state index contributed by atoms with van der Waals surface area (Å²) < 4.78 is 0.882. The molecule has 0 fully saturated rings. The van der Waals surface area contributed by atoms with Crippen molar-refractivity contribution in [3.8, 4) is 0 Å². The van der Waals surface area contributed by atoms with Crippen LogP contribution in [0.15, 0.2) is 28.4 Å². The van der Waals surface area contributed by atoms with Crippen molar-refractivity contribution in [1.29, 1.82) is 0 Å². The highest BCUT2D eigenvalue weighted by Gasteiger charge is 2.16. The molecule has 0 heterocycles. The van der Waals surface area contributed by atoms with Crippen LogP contribution in [0.3, 0.4) is 0 Å². The van der Waals surface area contributed by atoms with E-state index in [1.165, 1.54) is 0 Å². The molecular weight excluding hydrogens is 270 g/mol. The van der Waals surface area contributed by atoms with Crippen molar-refractivity contribution in [3.63, 3.8) is 0 Å². The van der Waals surface area contributed by atoms with Gasteiger partial charge in [-0.15, -0.1) is 0 Å². The molecule has 0 unspecified atom stereocenters. The van der Waals surface area contributed by atoms with E-state index in [1.54, 1.807) is 6.08 Å². The Morgan fingerprint density at radius 2 is 2.12 bits per heavy atom. The molecule has 3 nitrogen and oxygen atoms in total. The Morgan fingerprint density at radius 1 is 1.50 bits per heavy atom. The Morgan fingerprint density at radius 3 is 2.56 bits per heavy atom. The molecule has 0 aliphatic heterocycles. The molecule has 4 heteroatoms. The molecule has 0 aliphatic rings. The fraction of sp³-hybridized carbons (Fsp3) is 0.333. The Labute approximate surface area is 103 Å². The standard InChI is InChI=1S/C12H14BrNO2/c1-8(2)12(14(15)16)7-10-5-4-9(3)6-11(10)13/h4-8H,1-3H3/b12-7-. The van der Waals surface area contributed by atoms with Gasteiger partial charge in [0.05, 0.1) is 4.92 Å². The number of halogens is 1. The van der Waals surface area contributed by atoms with Crippen molar-refractivity contribution in [1.82, 2.24) is 0 Å². The largest absolute Gasteiger partial charge is 0.259 e. The summed E-state index contributed by atoms with van der Waals surface area (Å²) in [5.41, 5.74) is 2.19. The number of nitro groups is 1. The van der Waals surface area contributed by atoms with Crippen LogP contribution < -0.4 is 0 Å². The first-order chi connectivity index (χ1) is 7.41. The molecule has 0 saturated heterocycles. The molecule has 0 amide bonds. The molecule has 86 valence electrons. The first-order valence-electron chi connectivity index (χ1n) is 5.04. The highest BCUT2D eigenvalue weighted by molar-refractivity contribution is 9.10. The lowest BCUT2D eigenvalue weighted by Gasteiger charge is -2.04. The topological polar surface area (TPSA) is 43.1 Å². The maximum Gasteiger partial charge on any atom is 0.249 e. The second kappa shape index (κ2) is 5.25. The molecule has 0 atom stereocenters. The van der Waals surface area contributed by atoms with E-state index in [4.69, 9.17) is 0 Å². The molecule has 1 aromatic rings. The van der Waals surface area contributed by atoms with Gasteiger partial charge in [-0.25, -0.2) is 0 Å². The van der Waals surface area contributed by atoms with Crippen LogP contribution in [0.4, 0.5) is 0 Å². The minimum Gasteiger partial charge on any atom is -0.259 e. The number of allylic oxidation sites excluding steroid dienone is 1. The number of aryl methyl sites for hydroxylation is 1. The molecule has 0 saturated carbocycles. The van der Waals surface area contributed by atoms with Crippen LogP contribution in [-0.4, -0.2) is 4.92 Å². The molecule has 0 N–H and O–H groups in total. The molecule has 1 aromatic carbocycles. The average molecular weight is 284 g/mol. The number of rotatable bonds is 3. The molecular formula is C12H14BrNO2. The zero-order chi connectivity index (χ0) is 12.3. The zero-order valence-corrected chi connectivity index (χ0v) is 11.1. The van der Waals surface area contributed by atoms with Crippen molar-refractivity contribution < 1.29 is 4.92 Å². The summed E-state index contributed by atoms with van der Waals surface area (Å²) >= 11 is 3.41. The lowest BCUT2D eigenvalue weighted by Crippen LogP contribution is -2.05. The van der Waals surface area contributed by atoms with E-state index in [1.807, 2.05) is 39.0 Å². The van der Waals surface area contributed by atoms with Gasteiger partial charge < -0.3 is 0 Å². The van der Waals surface area contributed by atoms with E-state index in [-0.39, 0.29) is 16.5 Å². The van der Waals surface area contributed by atoms with Gasteiger partial charge in [0.1, 0.15) is 0 Å². The SMILES string of the molecule is Cc1ccc(/C=C(/C(C)C)[N+](=O)[O-])c(Br)c1. The van der Waals surface area contributed by atoms with Gasteiger partial charge in [0.2, 0.25) is 5.70 Å². The summed E-state index contributed by atoms with van der Waals surface area (Å²) in [5, 5.41) is 10.8. The van der Waals surface area contributed by atoms with Crippen LogP contribution in [0.2, 0.25) is 0 Å². The quantitative estimate of drug-likeness (QED) is 0.621. The predicted octanol–water partition coefficient (Wildman–Crippen LogP) is 4.03. The summed E-state index contributed by atoms with van der Waals surface area (Å²) in [6, 6.07) is 5.77. The lowest BCUT2D eigenvalue weighted by atomic mass is 10.1. The van der Waals surface area contributed by atoms with E-state index in [0.29, 0.717) is 0 Å². The Bertz CT molecular complexity index is 439. The van der Waals surface area contributed by atoms with Crippen LogP contribution in [0, 0.1) is 23.0 Å². The maximum atomic E-state index is 10.8. The first kappa shape index (κ1) is 12.9. The van der Waals surface area contributed by atoms with Crippen LogP contribution in [-0.2, 0) is 0 Å². The van der Waals surface area contributed by atoms with Gasteiger partial charge in [-0.3, -0.25) is 10.1 Å². The van der Waals surface area contributed by atoms with E-state index < -0.39 is 0 Å². The first-order valence-corrected chi connectivity index (χ1v) is 5.83. The van der Waals surface area contributed by atoms with Gasteiger partial charge >= 0.3 is 0 Å². The van der Waals surface area contributed by atoms with Crippen LogP contribution in [0.5, 0.6) is 0 Å². The summed E-state index contributed by atoms with van der Waals surface area (Å²) in [7, 11) is 0. The van der Waals surface area contributed by atoms with Gasteiger partial charge in [0.25, 0.3) is 0 Å². The van der Waals surface area contributed by atoms with E-state index >= 15 is 0 Å². The third-order valence-electron chi connectivity index (χ3n) is 2.26. The summed E-state index contributed by atoms with van der Waals surface area (Å²) in [6.07, 6.45) is 1.62. The van der Waals surface area contributed by atoms with Crippen LogP contribution in [0.1, 0.15) is 25.0 Å². The lowest BCUT2D eigenvalue weighted by molar-refractivity contribution is -0.431. The molecule has 16 heavy (non-hydrogen) atoms. The van der Waals surface area contributed by atoms with E-state index in [0.717, 1.165) is 15.6 Å². The molecule has 0 aromatic heterocycles. The van der Waals surface area contributed by atoms with Crippen molar-refractivity contribution >= 4 is 22.0 Å². The molecule has 1 rings (SSSR count). The average Bonchev–Trinajstić information content (AvgIpc) is 2.15. The Hall–Kier alpha value is -1.16. The van der Waals surface area contributed by atoms with Crippen molar-refractivity contribution in [2.24, 2.45) is 5.92 Å². The number of hydrogen-bond donors (Lipinski definition) is 0. The van der Waals surface area contributed by atoms with Crippen LogP contribution in [0.25, 0.3) is 6.08 Å². The summed E-state index contributed by atoms with van der Waals surface area (Å²) in [5.74, 6) is -0.0943. The number of benzene rings is 1. The smallest absolute Gasteiger partial charge is 0.249 e. The van der Waals surface area contributed by atoms with E-state index in [9.17, 15) is 10.1 Å². The highest BCUT2D eigenvalue weighted by atomic mass is 79.9. The number of hydrogen-bond acceptors (Lipinski definition) is 2. The van der Waals surface area contributed by atoms with Crippen molar-refractivity contribution in [2.75, 3.05) is 0 Å². The fourth-order valence-electron chi connectivity index (χ4n) is 1.34. The second-order valence-corrected chi connectivity index (χ2v) is 4.86. The summed E-state index contributed by atoms with van der Waals surface area (Å²) in [4.78, 5) is 10.5. The Balaban J connectivity index is 3.18. The van der Waals surface area contributed by atoms with Gasteiger partial charge in [0, 0.05) is 16.5 Å². The fourth-order valence-corrected chi connectivity index (χ4v) is 1.95. The molecule has 0 bridgehead atoms. The van der Waals surface area contributed by atoms with Gasteiger partial charge in [-0.1, -0.05) is 41.9 Å². The minimum atomic E-state index is -0.322. The molecule has 0 radical (unpaired) electrons. The summed E-state index contributed by atoms with van der Waals surface area (Å²) in [6.45, 7) is 5.61. The highest BCUT2D eigenvalue weighted by Crippen LogP contribution is 2.23. The van der Waals surface area contributed by atoms with Crippen molar-refractivity contribution in [3.05, 3.63) is 49.6 Å².